The van der Waals surface area contributed by atoms with Gasteiger partial charge in [-0.25, -0.2) is 4.98 Å². The van der Waals surface area contributed by atoms with Crippen LogP contribution in [0.2, 0.25) is 20.1 Å². The lowest BCUT2D eigenvalue weighted by molar-refractivity contribution is 0.0683. The van der Waals surface area contributed by atoms with Gasteiger partial charge in [0.15, 0.2) is 0 Å². The Morgan fingerprint density at radius 3 is 2.19 bits per heavy atom. The van der Waals surface area contributed by atoms with Gasteiger partial charge in [-0.15, -0.1) is 4.73 Å². The highest BCUT2D eigenvalue weighted by atomic mass is 35.5. The minimum absolute atomic E-state index is 0.0746. The molecule has 9 heteroatoms. The molecular formula is C22H14Cl4N2O2S. The van der Waals surface area contributed by atoms with E-state index in [2.05, 4.69) is 4.98 Å². The second-order valence-electron chi connectivity index (χ2n) is 6.54. The molecule has 1 heterocycles. The van der Waals surface area contributed by atoms with Gasteiger partial charge in [0, 0.05) is 31.4 Å². The van der Waals surface area contributed by atoms with Gasteiger partial charge in [-0.05, 0) is 42.0 Å². The summed E-state index contributed by atoms with van der Waals surface area (Å²) in [4.78, 5) is 23.6. The number of thioether (sulfide) groups is 1. The molecule has 0 saturated carbocycles. The molecule has 0 saturated heterocycles. The molecule has 0 aliphatic carbocycles. The molecule has 3 aromatic carbocycles. The lowest BCUT2D eigenvalue weighted by Gasteiger charge is -2.15. The van der Waals surface area contributed by atoms with E-state index in [0.717, 1.165) is 5.56 Å². The van der Waals surface area contributed by atoms with Crippen molar-refractivity contribution in [2.75, 3.05) is 0 Å². The Morgan fingerprint density at radius 1 is 0.871 bits per heavy atom. The molecule has 0 aliphatic heterocycles. The van der Waals surface area contributed by atoms with Crippen molar-refractivity contribution >= 4 is 69.1 Å². The van der Waals surface area contributed by atoms with Crippen molar-refractivity contribution in [3.8, 4) is 0 Å². The number of benzene rings is 3. The van der Waals surface area contributed by atoms with E-state index in [9.17, 15) is 4.79 Å². The van der Waals surface area contributed by atoms with Crippen LogP contribution in [-0.2, 0) is 12.4 Å². The van der Waals surface area contributed by atoms with Crippen LogP contribution < -0.4 is 10.4 Å². The van der Waals surface area contributed by atoms with Crippen LogP contribution in [0.3, 0.4) is 0 Å². The number of hydrogen-bond donors (Lipinski definition) is 0. The second kappa shape index (κ2) is 9.72. The summed E-state index contributed by atoms with van der Waals surface area (Å²) in [5, 5.41) is 2.94. The van der Waals surface area contributed by atoms with Crippen molar-refractivity contribution in [1.29, 1.82) is 0 Å². The first-order valence-corrected chi connectivity index (χ1v) is 11.6. The molecule has 4 rings (SSSR count). The van der Waals surface area contributed by atoms with Crippen LogP contribution >= 0.6 is 58.2 Å². The van der Waals surface area contributed by atoms with Crippen molar-refractivity contribution in [2.24, 2.45) is 0 Å². The summed E-state index contributed by atoms with van der Waals surface area (Å²) >= 11 is 25.8. The Hall–Kier alpha value is -1.89. The first-order valence-electron chi connectivity index (χ1n) is 9.08. The summed E-state index contributed by atoms with van der Waals surface area (Å²) in [6.45, 7) is 0.0746. The molecule has 0 N–H and O–H groups in total. The average molecular weight is 512 g/mol. The van der Waals surface area contributed by atoms with Crippen LogP contribution in [0, 0.1) is 0 Å². The maximum atomic E-state index is 13.1. The average Bonchev–Trinajstić information content (AvgIpc) is 2.74. The van der Waals surface area contributed by atoms with Crippen molar-refractivity contribution in [1.82, 2.24) is 9.71 Å². The van der Waals surface area contributed by atoms with E-state index >= 15 is 0 Å². The van der Waals surface area contributed by atoms with Crippen molar-refractivity contribution in [3.63, 3.8) is 0 Å². The molecule has 158 valence electrons. The lowest BCUT2D eigenvalue weighted by Crippen LogP contribution is -2.29. The Kier molecular flexibility index (Phi) is 6.99. The second-order valence-corrected chi connectivity index (χ2v) is 9.17. The maximum Gasteiger partial charge on any atom is 0.295 e. The summed E-state index contributed by atoms with van der Waals surface area (Å²) in [6.07, 6.45) is 0. The summed E-state index contributed by atoms with van der Waals surface area (Å²) in [5.74, 6) is 0.478. The van der Waals surface area contributed by atoms with E-state index in [1.165, 1.54) is 16.5 Å². The fraction of sp³-hybridized carbons (Fsp3) is 0.0909. The predicted molar refractivity (Wildman–Crippen MR) is 129 cm³/mol. The third-order valence-corrected chi connectivity index (χ3v) is 6.59. The van der Waals surface area contributed by atoms with Gasteiger partial charge in [-0.2, -0.15) is 0 Å². The summed E-state index contributed by atoms with van der Waals surface area (Å²) in [5.41, 5.74) is 1.84. The van der Waals surface area contributed by atoms with Crippen LogP contribution in [-0.4, -0.2) is 9.71 Å². The van der Waals surface area contributed by atoms with Crippen LogP contribution in [0.25, 0.3) is 10.9 Å². The Balaban J connectivity index is 1.68. The van der Waals surface area contributed by atoms with Gasteiger partial charge in [0.25, 0.3) is 5.56 Å². The number of aromatic nitrogens is 2. The topological polar surface area (TPSA) is 44.1 Å². The molecule has 0 unspecified atom stereocenters. The smallest absolute Gasteiger partial charge is 0.295 e. The monoisotopic (exact) mass is 510 g/mol. The SMILES string of the molecule is O=c1c2ccccc2nc(SCc2ccc(Cl)cc2Cl)n1OCc1ccc(Cl)cc1Cl. The molecule has 0 bridgehead atoms. The van der Waals surface area contributed by atoms with Gasteiger partial charge in [-0.3, -0.25) is 4.79 Å². The molecule has 0 atom stereocenters. The van der Waals surface area contributed by atoms with E-state index in [1.54, 1.807) is 48.5 Å². The third kappa shape index (κ3) is 5.13. The number of hydrogen-bond acceptors (Lipinski definition) is 4. The van der Waals surface area contributed by atoms with Crippen molar-refractivity contribution in [3.05, 3.63) is 102 Å². The van der Waals surface area contributed by atoms with Crippen LogP contribution in [0.5, 0.6) is 0 Å². The van der Waals surface area contributed by atoms with Crippen molar-refractivity contribution in [2.45, 2.75) is 17.5 Å². The molecule has 31 heavy (non-hydrogen) atoms. The zero-order valence-corrected chi connectivity index (χ0v) is 19.7. The predicted octanol–water partition coefficient (Wildman–Crippen LogP) is 6.93. The molecule has 0 radical (unpaired) electrons. The highest BCUT2D eigenvalue weighted by Gasteiger charge is 2.15. The third-order valence-electron chi connectivity index (χ3n) is 4.44. The number of rotatable bonds is 6. The molecule has 0 fully saturated rings. The van der Waals surface area contributed by atoms with E-state index in [-0.39, 0.29) is 12.2 Å². The zero-order valence-electron chi connectivity index (χ0n) is 15.8. The fourth-order valence-corrected chi connectivity index (χ4v) is 4.83. The standard InChI is InChI=1S/C22H14Cl4N2O2S/c23-15-7-5-13(18(25)9-15)11-30-28-21(29)17-3-1-2-4-20(17)27-22(28)31-12-14-6-8-16(24)10-19(14)26/h1-10H,11-12H2. The van der Waals surface area contributed by atoms with Crippen LogP contribution in [0.15, 0.2) is 70.6 Å². The highest BCUT2D eigenvalue weighted by Crippen LogP contribution is 2.28. The van der Waals surface area contributed by atoms with Gasteiger partial charge in [-0.1, -0.05) is 82.4 Å². The van der Waals surface area contributed by atoms with Gasteiger partial charge in [0.2, 0.25) is 5.16 Å². The highest BCUT2D eigenvalue weighted by molar-refractivity contribution is 7.98. The molecule has 0 aliphatic rings. The Morgan fingerprint density at radius 2 is 1.52 bits per heavy atom. The molecule has 1 aromatic heterocycles. The van der Waals surface area contributed by atoms with Crippen molar-refractivity contribution < 1.29 is 4.84 Å². The molecular weight excluding hydrogens is 498 g/mol. The van der Waals surface area contributed by atoms with Gasteiger partial charge in [0.1, 0.15) is 6.61 Å². The van der Waals surface area contributed by atoms with E-state index in [0.29, 0.717) is 47.5 Å². The molecule has 0 amide bonds. The number of fused-ring (bicyclic) bond motifs is 1. The fourth-order valence-electron chi connectivity index (χ4n) is 2.86. The first kappa shape index (κ1) is 22.3. The Bertz CT molecular complexity index is 1330. The van der Waals surface area contributed by atoms with Crippen LogP contribution in [0.1, 0.15) is 11.1 Å². The number of nitrogens with zero attached hydrogens (tertiary/aromatic N) is 2. The quantitative estimate of drug-likeness (QED) is 0.208. The van der Waals surface area contributed by atoms with Gasteiger partial charge < -0.3 is 4.84 Å². The number of para-hydroxylation sites is 1. The normalized spacial score (nSPS) is 11.1. The van der Waals surface area contributed by atoms with E-state index in [4.69, 9.17) is 51.2 Å². The van der Waals surface area contributed by atoms with Gasteiger partial charge >= 0.3 is 0 Å². The van der Waals surface area contributed by atoms with Crippen LogP contribution in [0.4, 0.5) is 0 Å². The molecule has 4 nitrogen and oxygen atoms in total. The first-order chi connectivity index (χ1) is 14.9. The molecule has 4 aromatic rings. The lowest BCUT2D eigenvalue weighted by atomic mass is 10.2. The summed E-state index contributed by atoms with van der Waals surface area (Å²) < 4.78 is 1.20. The summed E-state index contributed by atoms with van der Waals surface area (Å²) in [6, 6.07) is 17.5. The minimum Gasteiger partial charge on any atom is -0.403 e. The zero-order chi connectivity index (χ0) is 22.0. The van der Waals surface area contributed by atoms with Gasteiger partial charge in [0.05, 0.1) is 10.9 Å². The van der Waals surface area contributed by atoms with E-state index < -0.39 is 0 Å². The minimum atomic E-state index is -0.305. The number of halogens is 4. The Labute approximate surface area is 202 Å². The summed E-state index contributed by atoms with van der Waals surface area (Å²) in [7, 11) is 0. The largest absolute Gasteiger partial charge is 0.403 e. The van der Waals surface area contributed by atoms with E-state index in [1.807, 2.05) is 12.1 Å². The maximum absolute atomic E-state index is 13.1. The molecule has 0 spiro atoms.